The van der Waals surface area contributed by atoms with Gasteiger partial charge in [-0.1, -0.05) is 40.0 Å². The number of carbonyl (C=O) groups excluding carboxylic acids is 2. The first-order valence-corrected chi connectivity index (χ1v) is 10.2. The van der Waals surface area contributed by atoms with E-state index in [-0.39, 0.29) is 11.9 Å². The Morgan fingerprint density at radius 3 is 1.74 bits per heavy atom. The fourth-order valence-electron chi connectivity index (χ4n) is 3.37. The van der Waals surface area contributed by atoms with E-state index in [4.69, 9.17) is 0 Å². The van der Waals surface area contributed by atoms with E-state index in [0.717, 1.165) is 37.4 Å². The van der Waals surface area contributed by atoms with Gasteiger partial charge in [0.2, 0.25) is 5.91 Å². The van der Waals surface area contributed by atoms with Crippen LogP contribution in [0.4, 0.5) is 4.79 Å². The van der Waals surface area contributed by atoms with E-state index < -0.39 is 8.24 Å². The van der Waals surface area contributed by atoms with Crippen molar-refractivity contribution in [3.63, 3.8) is 0 Å². The van der Waals surface area contributed by atoms with Gasteiger partial charge in [0.05, 0.1) is 0 Å². The van der Waals surface area contributed by atoms with Crippen LogP contribution in [-0.2, 0) is 4.79 Å². The van der Waals surface area contributed by atoms with Crippen LogP contribution < -0.4 is 0 Å². The molecule has 0 N–H and O–H groups in total. The topological polar surface area (TPSA) is 40.6 Å². The molecule has 1 fully saturated rings. The van der Waals surface area contributed by atoms with Gasteiger partial charge in [-0.2, -0.15) is 0 Å². The van der Waals surface area contributed by atoms with Crippen molar-refractivity contribution in [1.29, 1.82) is 0 Å². The van der Waals surface area contributed by atoms with Gasteiger partial charge in [0.25, 0.3) is 0 Å². The first kappa shape index (κ1) is 16.2. The monoisotopic (exact) mass is 284 g/mol. The predicted molar refractivity (Wildman–Crippen MR) is 80.5 cm³/mol. The summed E-state index contributed by atoms with van der Waals surface area (Å²) in [6.45, 7) is 9.36. The summed E-state index contributed by atoms with van der Waals surface area (Å²) in [6, 6.07) is 3.16. The number of amides is 3. The largest absolute Gasteiger partial charge is 0.319 e. The van der Waals surface area contributed by atoms with E-state index in [2.05, 4.69) is 20.8 Å². The van der Waals surface area contributed by atoms with E-state index in [9.17, 15) is 9.59 Å². The van der Waals surface area contributed by atoms with Crippen LogP contribution in [0, 0.1) is 0 Å². The highest BCUT2D eigenvalue weighted by Gasteiger charge is 2.49. The Morgan fingerprint density at radius 2 is 1.42 bits per heavy atom. The smallest absolute Gasteiger partial charge is 0.316 e. The van der Waals surface area contributed by atoms with Gasteiger partial charge in [-0.25, -0.2) is 4.79 Å². The summed E-state index contributed by atoms with van der Waals surface area (Å²) in [5.74, 6) is 0.0499. The summed E-state index contributed by atoms with van der Waals surface area (Å²) in [5, 5.41) is 0. The van der Waals surface area contributed by atoms with Gasteiger partial charge in [0, 0.05) is 6.54 Å². The Bertz CT molecular complexity index is 316. The Hall–Kier alpha value is -0.843. The molecule has 1 saturated heterocycles. The van der Waals surface area contributed by atoms with Crippen LogP contribution >= 0.6 is 0 Å². The number of carbonyl (C=O) groups is 2. The lowest BCUT2D eigenvalue weighted by molar-refractivity contribution is -0.122. The van der Waals surface area contributed by atoms with Crippen molar-refractivity contribution in [2.45, 2.75) is 65.1 Å². The molecule has 5 heteroatoms. The maximum absolute atomic E-state index is 12.5. The van der Waals surface area contributed by atoms with Crippen LogP contribution in [0.25, 0.3) is 0 Å². The zero-order chi connectivity index (χ0) is 14.5. The highest BCUT2D eigenvalue weighted by molar-refractivity contribution is 6.81. The second-order valence-electron chi connectivity index (χ2n) is 5.50. The minimum atomic E-state index is -1.95. The molecular formula is C14H28N2O2Si. The summed E-state index contributed by atoms with van der Waals surface area (Å²) in [5.41, 5.74) is 0. The maximum atomic E-state index is 12.5. The maximum Gasteiger partial charge on any atom is 0.319 e. The number of rotatable bonds is 8. The van der Waals surface area contributed by atoms with Gasteiger partial charge in [0.15, 0.2) is 8.24 Å². The van der Waals surface area contributed by atoms with Crippen LogP contribution in [-0.4, -0.2) is 42.7 Å². The third-order valence-corrected chi connectivity index (χ3v) is 9.72. The molecule has 0 atom stereocenters. The molecule has 0 aromatic heterocycles. The Labute approximate surface area is 118 Å². The highest BCUT2D eigenvalue weighted by atomic mass is 28.3. The molecule has 19 heavy (non-hydrogen) atoms. The van der Waals surface area contributed by atoms with E-state index in [1.165, 1.54) is 0 Å². The molecule has 0 aromatic rings. The van der Waals surface area contributed by atoms with Crippen LogP contribution in [0.2, 0.25) is 18.1 Å². The van der Waals surface area contributed by atoms with Crippen molar-refractivity contribution >= 4 is 20.2 Å². The van der Waals surface area contributed by atoms with Crippen molar-refractivity contribution in [3.05, 3.63) is 0 Å². The summed E-state index contributed by atoms with van der Waals surface area (Å²) in [7, 11) is -1.95. The van der Waals surface area contributed by atoms with Crippen molar-refractivity contribution in [2.75, 3.05) is 13.1 Å². The number of nitrogens with zero attached hydrogens (tertiary/aromatic N) is 2. The lowest BCUT2D eigenvalue weighted by atomic mass is 10.5. The molecule has 4 nitrogen and oxygen atoms in total. The van der Waals surface area contributed by atoms with E-state index >= 15 is 0 Å². The minimum absolute atomic E-state index is 0.0190. The standard InChI is InChI=1S/C14H28N2O2Si/c1-5-9-19(10-6-2,11-7-3)16-13(17)12-15(8-4)14(16)18/h5-12H2,1-4H3. The van der Waals surface area contributed by atoms with Gasteiger partial charge < -0.3 is 4.90 Å². The summed E-state index contributed by atoms with van der Waals surface area (Å²) in [4.78, 5) is 26.5. The molecule has 1 aliphatic rings. The first-order valence-electron chi connectivity index (χ1n) is 7.68. The fraction of sp³-hybridized carbons (Fsp3) is 0.857. The molecule has 0 spiro atoms. The van der Waals surface area contributed by atoms with Gasteiger partial charge >= 0.3 is 6.03 Å². The van der Waals surface area contributed by atoms with Crippen molar-refractivity contribution in [3.8, 4) is 0 Å². The average Bonchev–Trinajstić information content (AvgIpc) is 2.65. The van der Waals surface area contributed by atoms with E-state index in [0.29, 0.717) is 13.1 Å². The Morgan fingerprint density at radius 1 is 0.947 bits per heavy atom. The molecule has 1 aliphatic heterocycles. The number of urea groups is 1. The summed E-state index contributed by atoms with van der Waals surface area (Å²) in [6.07, 6.45) is 3.19. The summed E-state index contributed by atoms with van der Waals surface area (Å²) < 4.78 is 1.73. The quantitative estimate of drug-likeness (QED) is 0.506. The molecule has 0 aromatic carbocycles. The van der Waals surface area contributed by atoms with Crippen molar-refractivity contribution in [1.82, 2.24) is 9.47 Å². The molecular weight excluding hydrogens is 256 g/mol. The Kier molecular flexibility index (Phi) is 6.04. The average molecular weight is 284 g/mol. The normalized spacial score (nSPS) is 16.6. The van der Waals surface area contributed by atoms with E-state index in [1.807, 2.05) is 6.92 Å². The molecule has 0 aliphatic carbocycles. The third-order valence-electron chi connectivity index (χ3n) is 4.04. The van der Waals surface area contributed by atoms with Gasteiger partial charge in [0.1, 0.15) is 6.54 Å². The van der Waals surface area contributed by atoms with Gasteiger partial charge in [-0.3, -0.25) is 9.36 Å². The third kappa shape index (κ3) is 3.19. The summed E-state index contributed by atoms with van der Waals surface area (Å²) >= 11 is 0. The number of likely N-dealkylation sites (N-methyl/N-ethyl adjacent to an activating group) is 1. The van der Waals surface area contributed by atoms with Crippen LogP contribution in [0.1, 0.15) is 47.0 Å². The first-order chi connectivity index (χ1) is 9.06. The number of hydrogen-bond acceptors (Lipinski definition) is 2. The van der Waals surface area contributed by atoms with Gasteiger partial charge in [-0.15, -0.1) is 0 Å². The zero-order valence-corrected chi connectivity index (χ0v) is 13.9. The van der Waals surface area contributed by atoms with Crippen LogP contribution in [0.5, 0.6) is 0 Å². The van der Waals surface area contributed by atoms with Gasteiger partial charge in [-0.05, 0) is 25.1 Å². The van der Waals surface area contributed by atoms with Crippen LogP contribution in [0.3, 0.4) is 0 Å². The second kappa shape index (κ2) is 7.08. The number of hydrogen-bond donors (Lipinski definition) is 0. The molecule has 0 saturated carbocycles. The van der Waals surface area contributed by atoms with E-state index in [1.54, 1.807) is 9.47 Å². The lowest BCUT2D eigenvalue weighted by Crippen LogP contribution is -2.56. The molecule has 0 radical (unpaired) electrons. The van der Waals surface area contributed by atoms with Crippen LogP contribution in [0.15, 0.2) is 0 Å². The molecule has 1 rings (SSSR count). The molecule has 110 valence electrons. The lowest BCUT2D eigenvalue weighted by Gasteiger charge is -2.38. The molecule has 1 heterocycles. The van der Waals surface area contributed by atoms with Crippen molar-refractivity contribution < 1.29 is 9.59 Å². The fourth-order valence-corrected chi connectivity index (χ4v) is 8.73. The number of imide groups is 1. The SMILES string of the molecule is CCC[Si](CCC)(CCC)N1C(=O)CN(CC)C1=O. The zero-order valence-electron chi connectivity index (χ0n) is 12.9. The second-order valence-corrected chi connectivity index (χ2v) is 9.90. The molecule has 3 amide bonds. The highest BCUT2D eigenvalue weighted by Crippen LogP contribution is 2.33. The predicted octanol–water partition coefficient (Wildman–Crippen LogP) is 3.45. The molecule has 0 bridgehead atoms. The Balaban J connectivity index is 3.08. The molecule has 0 unspecified atom stereocenters. The van der Waals surface area contributed by atoms with Crippen molar-refractivity contribution in [2.24, 2.45) is 0 Å². The minimum Gasteiger partial charge on any atom is -0.316 e.